The Bertz CT molecular complexity index is 267. The summed E-state index contributed by atoms with van der Waals surface area (Å²) >= 11 is 0. The van der Waals surface area contributed by atoms with Gasteiger partial charge in [-0.15, -0.1) is 0 Å². The molecule has 1 aliphatic carbocycles. The molecule has 2 fully saturated rings. The average Bonchev–Trinajstić information content (AvgIpc) is 2.80. The maximum Gasteiger partial charge on any atom is 0.236 e. The van der Waals surface area contributed by atoms with Crippen LogP contribution in [0.4, 0.5) is 0 Å². The Morgan fingerprint density at radius 3 is 2.28 bits per heavy atom. The van der Waals surface area contributed by atoms with Crippen LogP contribution in [0.2, 0.25) is 0 Å². The van der Waals surface area contributed by atoms with Gasteiger partial charge in [0.1, 0.15) is 0 Å². The van der Waals surface area contributed by atoms with E-state index in [9.17, 15) is 9.90 Å². The van der Waals surface area contributed by atoms with Crippen LogP contribution in [0.3, 0.4) is 0 Å². The fourth-order valence-electron chi connectivity index (χ4n) is 3.04. The van der Waals surface area contributed by atoms with E-state index in [0.717, 1.165) is 51.6 Å². The maximum atomic E-state index is 11.8. The van der Waals surface area contributed by atoms with Gasteiger partial charge in [-0.25, -0.2) is 0 Å². The molecule has 0 aromatic rings. The number of aliphatic hydroxyl groups is 1. The molecule has 0 atom stereocenters. The third kappa shape index (κ3) is 3.95. The molecule has 0 aromatic carbocycles. The molecule has 1 saturated heterocycles. The highest BCUT2D eigenvalue weighted by molar-refractivity contribution is 5.78. The SMILES string of the molecule is O=C(CNCC1(O)CCCCCC1)N1CCCC1. The van der Waals surface area contributed by atoms with Crippen molar-refractivity contribution in [3.05, 3.63) is 0 Å². The number of carbonyl (C=O) groups excluding carboxylic acids is 1. The van der Waals surface area contributed by atoms with E-state index in [1.165, 1.54) is 12.8 Å². The molecule has 2 N–H and O–H groups in total. The van der Waals surface area contributed by atoms with Gasteiger partial charge in [0, 0.05) is 19.6 Å². The van der Waals surface area contributed by atoms with E-state index < -0.39 is 5.60 Å². The van der Waals surface area contributed by atoms with Crippen molar-refractivity contribution in [3.8, 4) is 0 Å². The lowest BCUT2D eigenvalue weighted by Crippen LogP contribution is -2.44. The Morgan fingerprint density at radius 1 is 1.06 bits per heavy atom. The zero-order chi connectivity index (χ0) is 12.8. The van der Waals surface area contributed by atoms with Gasteiger partial charge in [-0.3, -0.25) is 4.79 Å². The number of rotatable bonds is 4. The van der Waals surface area contributed by atoms with Crippen molar-refractivity contribution in [2.45, 2.75) is 57.0 Å². The van der Waals surface area contributed by atoms with Gasteiger partial charge in [-0.1, -0.05) is 25.7 Å². The first kappa shape index (κ1) is 13.8. The molecule has 0 spiro atoms. The predicted molar refractivity (Wildman–Crippen MR) is 71.3 cm³/mol. The van der Waals surface area contributed by atoms with Crippen LogP contribution >= 0.6 is 0 Å². The molecule has 0 bridgehead atoms. The van der Waals surface area contributed by atoms with Gasteiger partial charge < -0.3 is 15.3 Å². The van der Waals surface area contributed by atoms with Gasteiger partial charge >= 0.3 is 0 Å². The summed E-state index contributed by atoms with van der Waals surface area (Å²) in [5, 5.41) is 13.6. The molecule has 104 valence electrons. The molecule has 2 rings (SSSR count). The molecule has 4 heteroatoms. The van der Waals surface area contributed by atoms with Crippen molar-refractivity contribution < 1.29 is 9.90 Å². The summed E-state index contributed by atoms with van der Waals surface area (Å²) in [6, 6.07) is 0. The predicted octanol–water partition coefficient (Wildman–Crippen LogP) is 1.28. The number of nitrogens with one attached hydrogen (secondary N) is 1. The molecule has 18 heavy (non-hydrogen) atoms. The third-order valence-electron chi connectivity index (χ3n) is 4.22. The van der Waals surface area contributed by atoms with E-state index in [-0.39, 0.29) is 5.91 Å². The normalized spacial score (nSPS) is 23.9. The molecular weight excluding hydrogens is 228 g/mol. The van der Waals surface area contributed by atoms with Crippen LogP contribution in [0.5, 0.6) is 0 Å². The maximum absolute atomic E-state index is 11.8. The summed E-state index contributed by atoms with van der Waals surface area (Å²) in [6.45, 7) is 2.75. The molecule has 0 unspecified atom stereocenters. The van der Waals surface area contributed by atoms with Crippen LogP contribution in [-0.2, 0) is 4.79 Å². The van der Waals surface area contributed by atoms with Crippen molar-refractivity contribution in [1.29, 1.82) is 0 Å². The quantitative estimate of drug-likeness (QED) is 0.743. The molecule has 4 nitrogen and oxygen atoms in total. The molecule has 1 saturated carbocycles. The van der Waals surface area contributed by atoms with E-state index in [0.29, 0.717) is 13.1 Å². The Kier molecular flexibility index (Phi) is 5.01. The number of nitrogens with zero attached hydrogens (tertiary/aromatic N) is 1. The van der Waals surface area contributed by atoms with Gasteiger partial charge in [-0.05, 0) is 25.7 Å². The second kappa shape index (κ2) is 6.53. The number of hydrogen-bond donors (Lipinski definition) is 2. The van der Waals surface area contributed by atoms with Gasteiger partial charge in [-0.2, -0.15) is 0 Å². The summed E-state index contributed by atoms with van der Waals surface area (Å²) in [6.07, 6.45) is 8.70. The number of amides is 1. The van der Waals surface area contributed by atoms with E-state index in [1.807, 2.05) is 4.90 Å². The molecule has 0 radical (unpaired) electrons. The van der Waals surface area contributed by atoms with Crippen molar-refractivity contribution in [2.24, 2.45) is 0 Å². The number of hydrogen-bond acceptors (Lipinski definition) is 3. The van der Waals surface area contributed by atoms with Crippen molar-refractivity contribution in [1.82, 2.24) is 10.2 Å². The molecule has 0 aromatic heterocycles. The van der Waals surface area contributed by atoms with Crippen LogP contribution in [0, 0.1) is 0 Å². The molecular formula is C14H26N2O2. The zero-order valence-corrected chi connectivity index (χ0v) is 11.3. The summed E-state index contributed by atoms with van der Waals surface area (Å²) < 4.78 is 0. The second-order valence-corrected chi connectivity index (χ2v) is 5.83. The lowest BCUT2D eigenvalue weighted by atomic mass is 9.94. The lowest BCUT2D eigenvalue weighted by molar-refractivity contribution is -0.129. The topological polar surface area (TPSA) is 52.6 Å². The highest BCUT2D eigenvalue weighted by atomic mass is 16.3. The summed E-state index contributed by atoms with van der Waals surface area (Å²) in [7, 11) is 0. The molecule has 2 aliphatic rings. The van der Waals surface area contributed by atoms with Crippen molar-refractivity contribution in [2.75, 3.05) is 26.2 Å². The summed E-state index contributed by atoms with van der Waals surface area (Å²) in [5.74, 6) is 0.185. The van der Waals surface area contributed by atoms with E-state index in [4.69, 9.17) is 0 Å². The van der Waals surface area contributed by atoms with Crippen LogP contribution in [0.15, 0.2) is 0 Å². The third-order valence-corrected chi connectivity index (χ3v) is 4.22. The van der Waals surface area contributed by atoms with Crippen LogP contribution < -0.4 is 5.32 Å². The minimum absolute atomic E-state index is 0.185. The first-order chi connectivity index (χ1) is 8.70. The van der Waals surface area contributed by atoms with Gasteiger partial charge in [0.25, 0.3) is 0 Å². The summed E-state index contributed by atoms with van der Waals surface area (Å²) in [4.78, 5) is 13.8. The van der Waals surface area contributed by atoms with Crippen molar-refractivity contribution >= 4 is 5.91 Å². The minimum Gasteiger partial charge on any atom is -0.389 e. The largest absolute Gasteiger partial charge is 0.389 e. The fourth-order valence-corrected chi connectivity index (χ4v) is 3.04. The molecule has 1 aliphatic heterocycles. The van der Waals surface area contributed by atoms with Crippen LogP contribution in [-0.4, -0.2) is 47.7 Å². The van der Waals surface area contributed by atoms with Gasteiger partial charge in [0.05, 0.1) is 12.1 Å². The van der Waals surface area contributed by atoms with Crippen LogP contribution in [0.1, 0.15) is 51.4 Å². The standard InChI is InChI=1S/C14H26N2O2/c17-13(16-9-5-6-10-16)11-15-12-14(18)7-3-1-2-4-8-14/h15,18H,1-12H2. The lowest BCUT2D eigenvalue weighted by Gasteiger charge is -2.27. The smallest absolute Gasteiger partial charge is 0.236 e. The monoisotopic (exact) mass is 254 g/mol. The molecule has 1 heterocycles. The number of carbonyl (C=O) groups is 1. The second-order valence-electron chi connectivity index (χ2n) is 5.83. The Morgan fingerprint density at radius 2 is 1.67 bits per heavy atom. The van der Waals surface area contributed by atoms with E-state index in [2.05, 4.69) is 5.32 Å². The Labute approximate surface area is 110 Å². The van der Waals surface area contributed by atoms with E-state index in [1.54, 1.807) is 0 Å². The highest BCUT2D eigenvalue weighted by Crippen LogP contribution is 2.26. The van der Waals surface area contributed by atoms with Gasteiger partial charge in [0.15, 0.2) is 0 Å². The Balaban J connectivity index is 1.68. The average molecular weight is 254 g/mol. The first-order valence-electron chi connectivity index (χ1n) is 7.41. The Hall–Kier alpha value is -0.610. The van der Waals surface area contributed by atoms with Gasteiger partial charge in [0.2, 0.25) is 5.91 Å². The van der Waals surface area contributed by atoms with E-state index >= 15 is 0 Å². The first-order valence-corrected chi connectivity index (χ1v) is 7.41. The summed E-state index contributed by atoms with van der Waals surface area (Å²) in [5.41, 5.74) is -0.582. The van der Waals surface area contributed by atoms with Crippen molar-refractivity contribution in [3.63, 3.8) is 0 Å². The van der Waals surface area contributed by atoms with Crippen LogP contribution in [0.25, 0.3) is 0 Å². The molecule has 1 amide bonds. The minimum atomic E-state index is -0.582. The highest BCUT2D eigenvalue weighted by Gasteiger charge is 2.28. The zero-order valence-electron chi connectivity index (χ0n) is 11.3. The fraction of sp³-hybridized carbons (Fsp3) is 0.929. The number of likely N-dealkylation sites (tertiary alicyclic amines) is 1.